The smallest absolute Gasteiger partial charge is 0.133 e. The lowest BCUT2D eigenvalue weighted by atomic mass is 10.2. The molecular weight excluding hydrogens is 232 g/mol. The molecule has 0 radical (unpaired) electrons. The molecule has 94 valence electrons. The van der Waals surface area contributed by atoms with Crippen LogP contribution in [0.4, 0.5) is 0 Å². The molecule has 0 aliphatic heterocycles. The van der Waals surface area contributed by atoms with Crippen LogP contribution in [0.2, 0.25) is 0 Å². The molecule has 1 aromatic rings. The molecule has 0 bridgehead atoms. The third kappa shape index (κ3) is 9.69. The summed E-state index contributed by atoms with van der Waals surface area (Å²) in [5, 5.41) is 9.26. The van der Waals surface area contributed by atoms with Crippen molar-refractivity contribution in [2.45, 2.75) is 19.1 Å². The molecule has 0 aliphatic rings. The third-order valence-corrected chi connectivity index (χ3v) is 3.58. The van der Waals surface area contributed by atoms with Crippen LogP contribution in [0.15, 0.2) is 43.0 Å². The molecule has 1 aromatic carbocycles. The maximum Gasteiger partial charge on any atom is 0.133 e. The summed E-state index contributed by atoms with van der Waals surface area (Å²) in [6.45, 7) is 5.29. The number of benzene rings is 1. The summed E-state index contributed by atoms with van der Waals surface area (Å²) in [5.41, 5.74) is 1.44. The van der Waals surface area contributed by atoms with E-state index in [-0.39, 0.29) is 6.42 Å². The highest BCUT2D eigenvalue weighted by Gasteiger charge is 2.08. The van der Waals surface area contributed by atoms with E-state index in [1.165, 1.54) is 18.2 Å². The molecule has 17 heavy (non-hydrogen) atoms. The Hall–Kier alpha value is -1.22. The zero-order valence-corrected chi connectivity index (χ0v) is 11.3. The molecule has 1 rings (SSSR count). The molecule has 1 unspecified atom stereocenters. The van der Waals surface area contributed by atoms with Gasteiger partial charge in [0.25, 0.3) is 0 Å². The van der Waals surface area contributed by atoms with Gasteiger partial charge in [-0.15, -0.1) is 0 Å². The van der Waals surface area contributed by atoms with Gasteiger partial charge in [0, 0.05) is 11.5 Å². The maximum atomic E-state index is 9.26. The minimum absolute atomic E-state index is 0.111. The molecule has 0 N–H and O–H groups in total. The second-order valence-electron chi connectivity index (χ2n) is 3.59. The van der Waals surface area contributed by atoms with Gasteiger partial charge < -0.3 is 9.90 Å². The fourth-order valence-electron chi connectivity index (χ4n) is 1.12. The lowest BCUT2D eigenvalue weighted by Crippen LogP contribution is -2.19. The van der Waals surface area contributed by atoms with Crippen LogP contribution in [0.1, 0.15) is 18.9 Å². The minimum Gasteiger partial charge on any atom is -0.550 e. The number of carbonyl (C=O) groups is 1. The van der Waals surface area contributed by atoms with Gasteiger partial charge in [0.1, 0.15) is 11.5 Å². The summed E-state index contributed by atoms with van der Waals surface area (Å²) < 4.78 is 0. The Kier molecular flexibility index (Phi) is 9.25. The number of carboxylic acids is 1. The summed E-state index contributed by atoms with van der Waals surface area (Å²) in [7, 11) is 0.461. The fourth-order valence-corrected chi connectivity index (χ4v) is 2.40. The Balaban J connectivity index is 0.000000437. The Morgan fingerprint density at radius 1 is 1.41 bits per heavy atom. The molecule has 0 saturated heterocycles. The van der Waals surface area contributed by atoms with Crippen molar-refractivity contribution < 1.29 is 9.90 Å². The van der Waals surface area contributed by atoms with Gasteiger partial charge in [0.15, 0.2) is 0 Å². The van der Waals surface area contributed by atoms with Gasteiger partial charge in [-0.25, -0.2) is 0 Å². The molecule has 0 fully saturated rings. The van der Waals surface area contributed by atoms with E-state index in [0.717, 1.165) is 5.75 Å². The van der Waals surface area contributed by atoms with Crippen LogP contribution in [0, 0.1) is 0 Å². The van der Waals surface area contributed by atoms with Crippen molar-refractivity contribution in [1.82, 2.24) is 0 Å². The number of rotatable bonds is 5. The summed E-state index contributed by atoms with van der Waals surface area (Å²) in [4.78, 5) is 9.26. The van der Waals surface area contributed by atoms with E-state index >= 15 is 0 Å². The van der Waals surface area contributed by atoms with Crippen molar-refractivity contribution in [3.8, 4) is 0 Å². The molecule has 0 saturated carbocycles. The minimum atomic E-state index is -0.995. The molecule has 1 atom stereocenters. The quantitative estimate of drug-likeness (QED) is 0.592. The van der Waals surface area contributed by atoms with Crippen LogP contribution >= 0.6 is 0 Å². The van der Waals surface area contributed by atoms with Gasteiger partial charge in [-0.05, 0) is 23.4 Å². The Bertz CT molecular complexity index is 322. The largest absolute Gasteiger partial charge is 0.550 e. The maximum absolute atomic E-state index is 9.26. The van der Waals surface area contributed by atoms with E-state index in [4.69, 9.17) is 0 Å². The van der Waals surface area contributed by atoms with Gasteiger partial charge in [0.05, 0.1) is 6.26 Å². The van der Waals surface area contributed by atoms with Gasteiger partial charge in [-0.3, -0.25) is 0 Å². The molecule has 2 nitrogen and oxygen atoms in total. The van der Waals surface area contributed by atoms with Crippen molar-refractivity contribution in [3.05, 3.63) is 48.6 Å². The van der Waals surface area contributed by atoms with Gasteiger partial charge in [-0.1, -0.05) is 43.8 Å². The van der Waals surface area contributed by atoms with Crippen molar-refractivity contribution >= 4 is 16.9 Å². The van der Waals surface area contributed by atoms with E-state index in [1.54, 1.807) is 0 Å². The molecular formula is C14H20O2S. The number of hydrogen-bond donors (Lipinski definition) is 0. The normalized spacial score (nSPS) is 10.9. The molecule has 0 aliphatic carbocycles. The van der Waals surface area contributed by atoms with E-state index in [0.29, 0.717) is 10.9 Å². The second-order valence-corrected chi connectivity index (χ2v) is 5.78. The van der Waals surface area contributed by atoms with Gasteiger partial charge in [0.2, 0.25) is 0 Å². The third-order valence-electron chi connectivity index (χ3n) is 1.95. The topological polar surface area (TPSA) is 40.1 Å². The van der Waals surface area contributed by atoms with Crippen molar-refractivity contribution in [3.63, 3.8) is 0 Å². The van der Waals surface area contributed by atoms with Crippen LogP contribution in [0.25, 0.3) is 0 Å². The number of carboxylic acid groups (broad SMARTS) is 1. The first-order chi connectivity index (χ1) is 8.10. The van der Waals surface area contributed by atoms with Crippen LogP contribution in [0.5, 0.6) is 0 Å². The fraction of sp³-hybridized carbons (Fsp3) is 0.357. The summed E-state index contributed by atoms with van der Waals surface area (Å²) in [6.07, 6.45) is 4.40. The average molecular weight is 252 g/mol. The number of hydrogen-bond acceptors (Lipinski definition) is 2. The van der Waals surface area contributed by atoms with Crippen LogP contribution in [-0.4, -0.2) is 18.0 Å². The highest BCUT2D eigenvalue weighted by molar-refractivity contribution is 7.95. The molecule has 0 spiro atoms. The van der Waals surface area contributed by atoms with E-state index < -0.39 is 5.97 Å². The summed E-state index contributed by atoms with van der Waals surface area (Å²) in [6, 6.07) is 10.6. The molecule has 3 heteroatoms. The summed E-state index contributed by atoms with van der Waals surface area (Å²) >= 11 is 0. The van der Waals surface area contributed by atoms with E-state index in [9.17, 15) is 9.90 Å². The zero-order valence-electron chi connectivity index (χ0n) is 10.5. The Labute approximate surface area is 107 Å². The average Bonchev–Trinajstić information content (AvgIpc) is 2.31. The first kappa shape index (κ1) is 15.8. The summed E-state index contributed by atoms with van der Waals surface area (Å²) in [5.74, 6) is 1.33. The standard InChI is InChI=1S/C11H15S.C3H6O2/c1-3-9-12(2)10-11-7-5-4-6-8-11;1-2-3(4)5/h3-8H,1,9-10H2,2H3;2H2,1H3,(H,4,5)/q+1;/p-1. The highest BCUT2D eigenvalue weighted by atomic mass is 32.2. The van der Waals surface area contributed by atoms with Crippen LogP contribution in [-0.2, 0) is 21.4 Å². The second kappa shape index (κ2) is 9.97. The predicted octanol–water partition coefficient (Wildman–Crippen LogP) is 1.77. The first-order valence-corrected chi connectivity index (χ1v) is 7.51. The SMILES string of the molecule is C=CC[S+](C)Cc1ccccc1.CCC(=O)[O-]. The zero-order chi connectivity index (χ0) is 13.1. The Morgan fingerprint density at radius 2 is 1.94 bits per heavy atom. The van der Waals surface area contributed by atoms with E-state index in [1.807, 2.05) is 6.08 Å². The number of aliphatic carboxylic acids is 1. The molecule has 0 amide bonds. The lowest BCUT2D eigenvalue weighted by Gasteiger charge is -1.99. The van der Waals surface area contributed by atoms with Gasteiger partial charge >= 0.3 is 0 Å². The van der Waals surface area contributed by atoms with Crippen molar-refractivity contribution in [2.75, 3.05) is 12.0 Å². The van der Waals surface area contributed by atoms with Crippen LogP contribution < -0.4 is 5.11 Å². The van der Waals surface area contributed by atoms with Gasteiger partial charge in [-0.2, -0.15) is 0 Å². The first-order valence-electron chi connectivity index (χ1n) is 5.54. The highest BCUT2D eigenvalue weighted by Crippen LogP contribution is 2.06. The molecule has 0 heterocycles. The lowest BCUT2D eigenvalue weighted by molar-refractivity contribution is -0.305. The Morgan fingerprint density at radius 3 is 2.35 bits per heavy atom. The predicted molar refractivity (Wildman–Crippen MR) is 73.8 cm³/mol. The molecule has 0 aromatic heterocycles. The van der Waals surface area contributed by atoms with E-state index in [2.05, 4.69) is 43.2 Å². The monoisotopic (exact) mass is 252 g/mol. The number of carbonyl (C=O) groups excluding carboxylic acids is 1. The van der Waals surface area contributed by atoms with Crippen molar-refractivity contribution in [2.24, 2.45) is 0 Å². The van der Waals surface area contributed by atoms with Crippen molar-refractivity contribution in [1.29, 1.82) is 0 Å². The van der Waals surface area contributed by atoms with Crippen LogP contribution in [0.3, 0.4) is 0 Å².